The Bertz CT molecular complexity index is 538. The van der Waals surface area contributed by atoms with Crippen molar-refractivity contribution in [3.8, 4) is 0 Å². The lowest BCUT2D eigenvalue weighted by Gasteiger charge is -2.24. The minimum Gasteiger partial charge on any atom is -0.371 e. The summed E-state index contributed by atoms with van der Waals surface area (Å²) in [5, 5.41) is 3.88. The SMILES string of the molecule is CCC(CC)N1C(=O)CC(Nc2c(Cl)cccc2Cl)C1=O. The van der Waals surface area contributed by atoms with E-state index in [1.807, 2.05) is 13.8 Å². The minimum absolute atomic E-state index is 0.0430. The molecule has 6 heteroatoms. The van der Waals surface area contributed by atoms with Crippen molar-refractivity contribution in [2.75, 3.05) is 5.32 Å². The first kappa shape index (κ1) is 16.1. The van der Waals surface area contributed by atoms with Crippen LogP contribution in [0.2, 0.25) is 10.0 Å². The summed E-state index contributed by atoms with van der Waals surface area (Å²) in [7, 11) is 0. The van der Waals surface area contributed by atoms with E-state index in [1.54, 1.807) is 18.2 Å². The monoisotopic (exact) mass is 328 g/mol. The number of likely N-dealkylation sites (tertiary alicyclic amines) is 1. The van der Waals surface area contributed by atoms with E-state index >= 15 is 0 Å². The summed E-state index contributed by atoms with van der Waals surface area (Å²) in [5.41, 5.74) is 0.499. The summed E-state index contributed by atoms with van der Waals surface area (Å²) in [4.78, 5) is 25.9. The van der Waals surface area contributed by atoms with Gasteiger partial charge in [-0.15, -0.1) is 0 Å². The van der Waals surface area contributed by atoms with Crippen LogP contribution < -0.4 is 5.32 Å². The van der Waals surface area contributed by atoms with Gasteiger partial charge >= 0.3 is 0 Å². The molecule has 0 spiro atoms. The van der Waals surface area contributed by atoms with Crippen LogP contribution in [-0.4, -0.2) is 28.8 Å². The van der Waals surface area contributed by atoms with Gasteiger partial charge in [0, 0.05) is 6.04 Å². The number of hydrogen-bond donors (Lipinski definition) is 1. The third-order valence-corrected chi connectivity index (χ3v) is 4.40. The first-order valence-electron chi connectivity index (χ1n) is 7.06. The average Bonchev–Trinajstić information content (AvgIpc) is 2.72. The Labute approximate surface area is 134 Å². The Kier molecular flexibility index (Phi) is 5.12. The molecule has 1 aliphatic rings. The zero-order valence-electron chi connectivity index (χ0n) is 12.0. The molecule has 1 saturated heterocycles. The van der Waals surface area contributed by atoms with E-state index in [0.29, 0.717) is 15.7 Å². The quantitative estimate of drug-likeness (QED) is 0.838. The van der Waals surface area contributed by atoms with Gasteiger partial charge in [0.25, 0.3) is 5.91 Å². The average molecular weight is 329 g/mol. The normalized spacial score (nSPS) is 18.7. The van der Waals surface area contributed by atoms with Gasteiger partial charge in [-0.3, -0.25) is 14.5 Å². The molecule has 21 heavy (non-hydrogen) atoms. The van der Waals surface area contributed by atoms with E-state index in [0.717, 1.165) is 12.8 Å². The Morgan fingerprint density at radius 3 is 2.33 bits per heavy atom. The van der Waals surface area contributed by atoms with E-state index < -0.39 is 6.04 Å². The lowest BCUT2D eigenvalue weighted by Crippen LogP contribution is -2.41. The fourth-order valence-electron chi connectivity index (χ4n) is 2.61. The molecule has 0 saturated carbocycles. The molecule has 0 radical (unpaired) electrons. The summed E-state index contributed by atoms with van der Waals surface area (Å²) in [6.07, 6.45) is 1.65. The molecule has 2 rings (SSSR count). The maximum Gasteiger partial charge on any atom is 0.252 e. The number of nitrogens with one attached hydrogen (secondary N) is 1. The number of hydrogen-bond acceptors (Lipinski definition) is 3. The number of anilines is 1. The Morgan fingerprint density at radius 2 is 1.81 bits per heavy atom. The number of imide groups is 1. The first-order valence-corrected chi connectivity index (χ1v) is 7.81. The van der Waals surface area contributed by atoms with Crippen molar-refractivity contribution in [3.05, 3.63) is 28.2 Å². The highest BCUT2D eigenvalue weighted by Gasteiger charge is 2.41. The molecule has 0 bridgehead atoms. The highest BCUT2D eigenvalue weighted by Crippen LogP contribution is 2.32. The van der Waals surface area contributed by atoms with Crippen molar-refractivity contribution < 1.29 is 9.59 Å². The predicted molar refractivity (Wildman–Crippen MR) is 84.7 cm³/mol. The van der Waals surface area contributed by atoms with Gasteiger partial charge in [-0.25, -0.2) is 0 Å². The maximum atomic E-state index is 12.5. The first-order chi connectivity index (χ1) is 9.99. The number of benzene rings is 1. The molecule has 4 nitrogen and oxygen atoms in total. The Morgan fingerprint density at radius 1 is 1.24 bits per heavy atom. The molecule has 0 aromatic heterocycles. The molecule has 1 aliphatic heterocycles. The van der Waals surface area contributed by atoms with Gasteiger partial charge in [-0.05, 0) is 25.0 Å². The fourth-order valence-corrected chi connectivity index (χ4v) is 3.12. The van der Waals surface area contributed by atoms with Gasteiger partial charge in [0.05, 0.1) is 22.2 Å². The minimum atomic E-state index is -0.601. The standard InChI is InChI=1S/C15H18Cl2N2O2/c1-3-9(4-2)19-13(20)8-12(15(19)21)18-14-10(16)6-5-7-11(14)17/h5-7,9,12,18H,3-4,8H2,1-2H3. The van der Waals surface area contributed by atoms with Gasteiger partial charge in [0.1, 0.15) is 6.04 Å². The number of rotatable bonds is 5. The van der Waals surface area contributed by atoms with Crippen LogP contribution in [0, 0.1) is 0 Å². The van der Waals surface area contributed by atoms with Crippen molar-refractivity contribution in [2.45, 2.75) is 45.2 Å². The van der Waals surface area contributed by atoms with Crippen LogP contribution in [0.4, 0.5) is 5.69 Å². The molecule has 114 valence electrons. The third kappa shape index (κ3) is 3.16. The van der Waals surface area contributed by atoms with E-state index in [2.05, 4.69) is 5.32 Å². The largest absolute Gasteiger partial charge is 0.371 e. The second-order valence-electron chi connectivity index (χ2n) is 5.07. The number of para-hydroxylation sites is 1. The van der Waals surface area contributed by atoms with E-state index in [1.165, 1.54) is 4.90 Å². The van der Waals surface area contributed by atoms with Crippen molar-refractivity contribution in [1.29, 1.82) is 0 Å². The molecule has 1 fully saturated rings. The van der Waals surface area contributed by atoms with Crippen LogP contribution in [0.25, 0.3) is 0 Å². The van der Waals surface area contributed by atoms with Gasteiger partial charge in [0.15, 0.2) is 0 Å². The molecule has 1 atom stereocenters. The summed E-state index contributed by atoms with van der Waals surface area (Å²) in [6, 6.07) is 4.47. The summed E-state index contributed by atoms with van der Waals surface area (Å²) in [6.45, 7) is 3.95. The Hall–Kier alpha value is -1.26. The topological polar surface area (TPSA) is 49.4 Å². The lowest BCUT2D eigenvalue weighted by atomic mass is 10.1. The zero-order valence-corrected chi connectivity index (χ0v) is 13.5. The van der Waals surface area contributed by atoms with Crippen LogP contribution in [0.15, 0.2) is 18.2 Å². The van der Waals surface area contributed by atoms with E-state index in [-0.39, 0.29) is 24.3 Å². The molecule has 1 heterocycles. The molecule has 1 unspecified atom stereocenters. The predicted octanol–water partition coefficient (Wildman–Crippen LogP) is 3.72. The number of carbonyl (C=O) groups excluding carboxylic acids is 2. The summed E-state index contributed by atoms with van der Waals surface area (Å²) >= 11 is 12.2. The summed E-state index contributed by atoms with van der Waals surface area (Å²) in [5.74, 6) is -0.348. The third-order valence-electron chi connectivity index (χ3n) is 3.77. The van der Waals surface area contributed by atoms with Crippen LogP contribution in [0.5, 0.6) is 0 Å². The van der Waals surface area contributed by atoms with Crippen molar-refractivity contribution in [2.24, 2.45) is 0 Å². The molecule has 0 aliphatic carbocycles. The van der Waals surface area contributed by atoms with Crippen molar-refractivity contribution >= 4 is 40.7 Å². The highest BCUT2D eigenvalue weighted by molar-refractivity contribution is 6.39. The number of nitrogens with zero attached hydrogens (tertiary/aromatic N) is 1. The molecule has 2 amide bonds. The second kappa shape index (κ2) is 6.67. The molecule has 1 aromatic carbocycles. The number of halogens is 2. The van der Waals surface area contributed by atoms with Gasteiger partial charge < -0.3 is 5.32 Å². The zero-order chi connectivity index (χ0) is 15.6. The van der Waals surface area contributed by atoms with E-state index in [9.17, 15) is 9.59 Å². The van der Waals surface area contributed by atoms with Crippen molar-refractivity contribution in [3.63, 3.8) is 0 Å². The Balaban J connectivity index is 2.20. The summed E-state index contributed by atoms with van der Waals surface area (Å²) < 4.78 is 0. The van der Waals surface area contributed by atoms with Crippen LogP contribution in [0.3, 0.4) is 0 Å². The molecular weight excluding hydrogens is 311 g/mol. The molecule has 1 N–H and O–H groups in total. The highest BCUT2D eigenvalue weighted by atomic mass is 35.5. The number of carbonyl (C=O) groups is 2. The van der Waals surface area contributed by atoms with Crippen LogP contribution in [0.1, 0.15) is 33.1 Å². The number of amides is 2. The van der Waals surface area contributed by atoms with E-state index in [4.69, 9.17) is 23.2 Å². The smallest absolute Gasteiger partial charge is 0.252 e. The molecular formula is C15H18Cl2N2O2. The van der Waals surface area contributed by atoms with Gasteiger partial charge in [0.2, 0.25) is 5.91 Å². The van der Waals surface area contributed by atoms with Crippen LogP contribution >= 0.6 is 23.2 Å². The maximum absolute atomic E-state index is 12.5. The second-order valence-corrected chi connectivity index (χ2v) is 5.88. The van der Waals surface area contributed by atoms with Crippen molar-refractivity contribution in [1.82, 2.24) is 4.90 Å². The van der Waals surface area contributed by atoms with Gasteiger partial charge in [-0.2, -0.15) is 0 Å². The van der Waals surface area contributed by atoms with Crippen LogP contribution in [-0.2, 0) is 9.59 Å². The van der Waals surface area contributed by atoms with Gasteiger partial charge in [-0.1, -0.05) is 43.1 Å². The lowest BCUT2D eigenvalue weighted by molar-refractivity contribution is -0.141. The fraction of sp³-hybridized carbons (Fsp3) is 0.467. The molecule has 1 aromatic rings.